The first-order chi connectivity index (χ1) is 16.8. The largest absolute Gasteiger partial charge is 0.312 e. The molecule has 5 aromatic rings. The highest BCUT2D eigenvalue weighted by Crippen LogP contribution is 2.42. The van der Waals surface area contributed by atoms with Crippen molar-refractivity contribution in [2.24, 2.45) is 0 Å². The van der Waals surface area contributed by atoms with Gasteiger partial charge in [-0.1, -0.05) is 89.9 Å². The van der Waals surface area contributed by atoms with Gasteiger partial charge in [-0.3, -0.25) is 4.79 Å². The molecule has 0 aliphatic rings. The van der Waals surface area contributed by atoms with Crippen LogP contribution < -0.4 is 0 Å². The van der Waals surface area contributed by atoms with Crippen LogP contribution in [0.15, 0.2) is 66.9 Å². The Hall–Kier alpha value is -3.35. The summed E-state index contributed by atoms with van der Waals surface area (Å²) in [7, 11) is -1.92. The van der Waals surface area contributed by atoms with Crippen molar-refractivity contribution in [1.82, 2.24) is 4.57 Å². The fraction of sp³-hybridized carbons (Fsp3) is 0.281. The van der Waals surface area contributed by atoms with Crippen LogP contribution in [0.2, 0.25) is 16.6 Å². The molecule has 3 heteroatoms. The van der Waals surface area contributed by atoms with Crippen molar-refractivity contribution in [3.05, 3.63) is 78.1 Å². The molecule has 0 aliphatic heterocycles. The standard InChI is InChI=1S/C32H33NOSi/c1-21(2)35(22(3)4,23(5)6)18-16-27-19-26-13-12-24-9-7-10-25-14-15-29(31(26)30(24)25)32(27)33-17-8-11-28(33)20-34/h7-15,17,19-23H,1-6H3. The van der Waals surface area contributed by atoms with Crippen LogP contribution in [0.25, 0.3) is 38.0 Å². The van der Waals surface area contributed by atoms with Crippen LogP contribution in [-0.4, -0.2) is 18.9 Å². The minimum absolute atomic E-state index is 0.556. The lowest BCUT2D eigenvalue weighted by molar-refractivity contribution is 0.111. The summed E-state index contributed by atoms with van der Waals surface area (Å²) in [6, 6.07) is 21.4. The summed E-state index contributed by atoms with van der Waals surface area (Å²) in [5.74, 6) is 3.71. The molecular weight excluding hydrogens is 442 g/mol. The highest BCUT2D eigenvalue weighted by atomic mass is 28.3. The number of rotatable bonds is 5. The molecule has 0 fully saturated rings. The Kier molecular flexibility index (Phi) is 5.81. The average Bonchev–Trinajstić information content (AvgIpc) is 3.30. The molecule has 0 radical (unpaired) electrons. The van der Waals surface area contributed by atoms with Gasteiger partial charge in [0.15, 0.2) is 6.29 Å². The van der Waals surface area contributed by atoms with Crippen LogP contribution in [0, 0.1) is 11.5 Å². The van der Waals surface area contributed by atoms with E-state index in [0.717, 1.165) is 22.9 Å². The van der Waals surface area contributed by atoms with E-state index in [1.165, 1.54) is 26.9 Å². The molecule has 0 bridgehead atoms. The normalized spacial score (nSPS) is 12.4. The number of benzene rings is 4. The molecule has 0 aliphatic carbocycles. The number of nitrogens with zero attached hydrogens (tertiary/aromatic N) is 1. The molecule has 176 valence electrons. The highest BCUT2D eigenvalue weighted by Gasteiger charge is 2.41. The maximum Gasteiger partial charge on any atom is 0.166 e. The van der Waals surface area contributed by atoms with E-state index in [9.17, 15) is 4.79 Å². The van der Waals surface area contributed by atoms with Gasteiger partial charge in [0.25, 0.3) is 0 Å². The molecule has 0 saturated carbocycles. The first kappa shape index (κ1) is 23.4. The van der Waals surface area contributed by atoms with Crippen molar-refractivity contribution in [2.45, 2.75) is 58.2 Å². The maximum absolute atomic E-state index is 12.0. The SMILES string of the molecule is CC(C)[Si](C#Cc1cc2ccc3cccc4ccc(c1-n1cccc1C=O)c2c34)(C(C)C)C(C)C. The first-order valence-electron chi connectivity index (χ1n) is 12.7. The van der Waals surface area contributed by atoms with Crippen molar-refractivity contribution in [3.8, 4) is 17.2 Å². The second-order valence-corrected chi connectivity index (χ2v) is 16.3. The molecule has 35 heavy (non-hydrogen) atoms. The molecule has 0 unspecified atom stereocenters. The third-order valence-electron chi connectivity index (χ3n) is 8.04. The molecule has 0 N–H and O–H groups in total. The minimum atomic E-state index is -1.92. The molecule has 0 saturated heterocycles. The summed E-state index contributed by atoms with van der Waals surface area (Å²) in [5.41, 5.74) is 8.23. The Balaban J connectivity index is 1.91. The summed E-state index contributed by atoms with van der Waals surface area (Å²) in [4.78, 5) is 12.0. The van der Waals surface area contributed by atoms with Gasteiger partial charge in [0.05, 0.1) is 11.4 Å². The summed E-state index contributed by atoms with van der Waals surface area (Å²) in [6.07, 6.45) is 2.92. The lowest BCUT2D eigenvalue weighted by atomic mass is 9.91. The van der Waals surface area contributed by atoms with Crippen molar-refractivity contribution in [1.29, 1.82) is 0 Å². The topological polar surface area (TPSA) is 22.0 Å². The second kappa shape index (κ2) is 8.70. The lowest BCUT2D eigenvalue weighted by Gasteiger charge is -2.38. The predicted molar refractivity (Wildman–Crippen MR) is 153 cm³/mol. The van der Waals surface area contributed by atoms with Crippen molar-refractivity contribution in [2.75, 3.05) is 0 Å². The van der Waals surface area contributed by atoms with E-state index < -0.39 is 8.07 Å². The van der Waals surface area contributed by atoms with E-state index in [1.807, 2.05) is 22.9 Å². The van der Waals surface area contributed by atoms with E-state index in [-0.39, 0.29) is 0 Å². The zero-order valence-corrected chi connectivity index (χ0v) is 22.5. The van der Waals surface area contributed by atoms with Crippen molar-refractivity contribution >= 4 is 46.7 Å². The van der Waals surface area contributed by atoms with E-state index in [4.69, 9.17) is 0 Å². The summed E-state index contributed by atoms with van der Waals surface area (Å²) >= 11 is 0. The Morgan fingerprint density at radius 3 is 2.03 bits per heavy atom. The number of hydrogen-bond acceptors (Lipinski definition) is 1. The van der Waals surface area contributed by atoms with Crippen LogP contribution in [0.5, 0.6) is 0 Å². The van der Waals surface area contributed by atoms with Crippen LogP contribution in [0.4, 0.5) is 0 Å². The van der Waals surface area contributed by atoms with Gasteiger partial charge in [-0.2, -0.15) is 0 Å². The van der Waals surface area contributed by atoms with Gasteiger partial charge in [0.2, 0.25) is 0 Å². The number of aromatic nitrogens is 1. The fourth-order valence-electron chi connectivity index (χ4n) is 6.45. The monoisotopic (exact) mass is 475 g/mol. The number of aldehydes is 1. The first-order valence-corrected chi connectivity index (χ1v) is 14.9. The van der Waals surface area contributed by atoms with E-state index >= 15 is 0 Å². The summed E-state index contributed by atoms with van der Waals surface area (Å²) in [5, 5.41) is 7.33. The Morgan fingerprint density at radius 2 is 1.40 bits per heavy atom. The van der Waals surface area contributed by atoms with Crippen molar-refractivity contribution in [3.63, 3.8) is 0 Å². The highest BCUT2D eigenvalue weighted by molar-refractivity contribution is 6.90. The summed E-state index contributed by atoms with van der Waals surface area (Å²) in [6.45, 7) is 14.1. The van der Waals surface area contributed by atoms with Gasteiger partial charge < -0.3 is 4.57 Å². The number of hydrogen-bond donors (Lipinski definition) is 0. The molecule has 5 rings (SSSR count). The van der Waals surface area contributed by atoms with Crippen LogP contribution in [0.1, 0.15) is 57.6 Å². The smallest absolute Gasteiger partial charge is 0.166 e. The molecule has 1 heterocycles. The lowest BCUT2D eigenvalue weighted by Crippen LogP contribution is -2.43. The van der Waals surface area contributed by atoms with Gasteiger partial charge in [-0.25, -0.2) is 0 Å². The Morgan fingerprint density at radius 1 is 0.771 bits per heavy atom. The number of carbonyl (C=O) groups is 1. The van der Waals surface area contributed by atoms with Crippen LogP contribution >= 0.6 is 0 Å². The van der Waals surface area contributed by atoms with Crippen LogP contribution in [-0.2, 0) is 0 Å². The fourth-order valence-corrected chi connectivity index (χ4v) is 11.7. The predicted octanol–water partition coefficient (Wildman–Crippen LogP) is 8.76. The molecule has 1 aromatic heterocycles. The number of carbonyl (C=O) groups excluding carboxylic acids is 1. The molecule has 0 atom stereocenters. The molecule has 0 spiro atoms. The van der Waals surface area contributed by atoms with Crippen LogP contribution in [0.3, 0.4) is 0 Å². The zero-order chi connectivity index (χ0) is 24.9. The Labute approximate surface area is 209 Å². The second-order valence-electron chi connectivity index (χ2n) is 10.7. The molecule has 4 aromatic carbocycles. The maximum atomic E-state index is 12.0. The van der Waals surface area contributed by atoms with Gasteiger partial charge in [-0.05, 0) is 61.8 Å². The molecular formula is C32H33NOSi. The Bertz CT molecular complexity index is 1570. The van der Waals surface area contributed by atoms with Gasteiger partial charge in [-0.15, -0.1) is 5.54 Å². The third kappa shape index (κ3) is 3.51. The summed E-state index contributed by atoms with van der Waals surface area (Å²) < 4.78 is 2.02. The van der Waals surface area contributed by atoms with Crippen molar-refractivity contribution < 1.29 is 4.79 Å². The molecule has 2 nitrogen and oxygen atoms in total. The minimum Gasteiger partial charge on any atom is -0.312 e. The van der Waals surface area contributed by atoms with Gasteiger partial charge in [0, 0.05) is 17.1 Å². The molecule has 0 amide bonds. The van der Waals surface area contributed by atoms with E-state index in [0.29, 0.717) is 22.3 Å². The van der Waals surface area contributed by atoms with Gasteiger partial charge >= 0.3 is 0 Å². The van der Waals surface area contributed by atoms with E-state index in [1.54, 1.807) is 0 Å². The van der Waals surface area contributed by atoms with E-state index in [2.05, 4.69) is 102 Å². The average molecular weight is 476 g/mol. The third-order valence-corrected chi connectivity index (χ3v) is 14.3. The van der Waals surface area contributed by atoms with Gasteiger partial charge in [0.1, 0.15) is 8.07 Å². The quantitative estimate of drug-likeness (QED) is 0.108. The zero-order valence-electron chi connectivity index (χ0n) is 21.5.